The molecule has 0 spiro atoms. The Bertz CT molecular complexity index is 1000. The summed E-state index contributed by atoms with van der Waals surface area (Å²) in [5.41, 5.74) is -2.08. The zero-order valence-electron chi connectivity index (χ0n) is 15.0. The average molecular weight is 490 g/mol. The molecule has 0 bridgehead atoms. The van der Waals surface area contributed by atoms with Gasteiger partial charge in [0.15, 0.2) is 11.6 Å². The number of nitrogens with one attached hydrogen (secondary N) is 1. The molecular weight excluding hydrogens is 476 g/mol. The molecule has 0 amide bonds. The number of hydrazine groups is 1. The van der Waals surface area contributed by atoms with Crippen molar-refractivity contribution < 1.29 is 26.3 Å². The second-order valence-corrected chi connectivity index (χ2v) is 7.19. The van der Waals surface area contributed by atoms with E-state index in [1.54, 1.807) is 0 Å². The van der Waals surface area contributed by atoms with Crippen LogP contribution in [0.15, 0.2) is 54.6 Å². The molecule has 0 saturated heterocycles. The standard InChI is InChI=1S/C20H14BrF6N3/c21-20(29-17-12(24)6-2-7-13(17)25)19(16-10(22)4-1-5-11(16)23)30(28)18-14(26)8-3-9-15(18)27/h1-9,19-20,29H,28H2/t19-,20-/m0/s1. The van der Waals surface area contributed by atoms with Crippen molar-refractivity contribution in [2.45, 2.75) is 11.0 Å². The van der Waals surface area contributed by atoms with Gasteiger partial charge in [-0.3, -0.25) is 5.01 Å². The molecule has 3 aromatic rings. The summed E-state index contributed by atoms with van der Waals surface area (Å²) < 4.78 is 85.7. The van der Waals surface area contributed by atoms with Gasteiger partial charge in [-0.2, -0.15) is 0 Å². The molecule has 0 unspecified atom stereocenters. The third-order valence-corrected chi connectivity index (χ3v) is 5.04. The Morgan fingerprint density at radius 2 is 1.10 bits per heavy atom. The van der Waals surface area contributed by atoms with Crippen LogP contribution in [0.4, 0.5) is 37.7 Å². The van der Waals surface area contributed by atoms with Crippen LogP contribution in [0, 0.1) is 34.9 Å². The first-order chi connectivity index (χ1) is 14.2. The van der Waals surface area contributed by atoms with E-state index in [2.05, 4.69) is 21.2 Å². The Balaban J connectivity index is 2.13. The fourth-order valence-electron chi connectivity index (χ4n) is 2.95. The number of para-hydroxylation sites is 2. The van der Waals surface area contributed by atoms with Crippen LogP contribution in [0.3, 0.4) is 0 Å². The van der Waals surface area contributed by atoms with Gasteiger partial charge in [0.25, 0.3) is 0 Å². The second-order valence-electron chi connectivity index (χ2n) is 6.20. The summed E-state index contributed by atoms with van der Waals surface area (Å²) in [6.45, 7) is 0. The number of halogens is 7. The SMILES string of the molecule is NN(c1c(F)cccc1F)[C@@H](c1c(F)cccc1F)[C@@H](Br)Nc1c(F)cccc1F. The van der Waals surface area contributed by atoms with E-state index < -0.39 is 62.8 Å². The molecule has 3 aromatic carbocycles. The summed E-state index contributed by atoms with van der Waals surface area (Å²) >= 11 is 3.06. The number of hydrogen-bond acceptors (Lipinski definition) is 3. The molecule has 0 aliphatic heterocycles. The summed E-state index contributed by atoms with van der Waals surface area (Å²) in [4.78, 5) is -1.39. The lowest BCUT2D eigenvalue weighted by Gasteiger charge is -2.34. The first-order valence-electron chi connectivity index (χ1n) is 8.48. The lowest BCUT2D eigenvalue weighted by Crippen LogP contribution is -2.44. The Hall–Kier alpha value is -2.72. The van der Waals surface area contributed by atoms with Crippen LogP contribution in [-0.4, -0.2) is 4.95 Å². The molecule has 3 nitrogen and oxygen atoms in total. The molecule has 10 heteroatoms. The van der Waals surface area contributed by atoms with Gasteiger partial charge >= 0.3 is 0 Å². The van der Waals surface area contributed by atoms with Gasteiger partial charge in [0.2, 0.25) is 0 Å². The van der Waals surface area contributed by atoms with E-state index in [1.165, 1.54) is 0 Å². The zero-order valence-corrected chi connectivity index (χ0v) is 16.6. The first-order valence-corrected chi connectivity index (χ1v) is 9.40. The number of nitrogens with zero attached hydrogens (tertiary/aromatic N) is 1. The van der Waals surface area contributed by atoms with Gasteiger partial charge in [0.05, 0.1) is 5.56 Å². The summed E-state index contributed by atoms with van der Waals surface area (Å²) in [5, 5.41) is 2.84. The number of rotatable bonds is 6. The summed E-state index contributed by atoms with van der Waals surface area (Å²) in [6, 6.07) is 7.18. The van der Waals surface area contributed by atoms with Crippen molar-refractivity contribution in [2.75, 3.05) is 10.3 Å². The van der Waals surface area contributed by atoms with Crippen molar-refractivity contribution in [3.05, 3.63) is 95.1 Å². The number of benzene rings is 3. The van der Waals surface area contributed by atoms with E-state index in [1.807, 2.05) is 0 Å². The fourth-order valence-corrected chi connectivity index (χ4v) is 3.69. The normalized spacial score (nSPS) is 13.1. The van der Waals surface area contributed by atoms with Crippen LogP contribution in [0.5, 0.6) is 0 Å². The van der Waals surface area contributed by atoms with E-state index in [-0.39, 0.29) is 0 Å². The smallest absolute Gasteiger partial charge is 0.150 e. The van der Waals surface area contributed by atoms with Crippen molar-refractivity contribution in [3.63, 3.8) is 0 Å². The van der Waals surface area contributed by atoms with Gasteiger partial charge in [-0.05, 0) is 36.4 Å². The van der Waals surface area contributed by atoms with E-state index in [4.69, 9.17) is 5.84 Å². The summed E-state index contributed by atoms with van der Waals surface area (Å²) in [7, 11) is 0. The molecular formula is C20H14BrF6N3. The maximum absolute atomic E-state index is 14.5. The first kappa shape index (κ1) is 22.0. The predicted octanol–water partition coefficient (Wildman–Crippen LogP) is 5.78. The van der Waals surface area contributed by atoms with E-state index in [0.717, 1.165) is 54.6 Å². The van der Waals surface area contributed by atoms with Gasteiger partial charge in [0, 0.05) is 0 Å². The second kappa shape index (κ2) is 8.97. The quantitative estimate of drug-likeness (QED) is 0.152. The molecule has 0 radical (unpaired) electrons. The maximum atomic E-state index is 14.5. The van der Waals surface area contributed by atoms with E-state index >= 15 is 0 Å². The van der Waals surface area contributed by atoms with Crippen molar-refractivity contribution in [1.29, 1.82) is 0 Å². The minimum Gasteiger partial charge on any atom is -0.366 e. The molecule has 2 atom stereocenters. The largest absolute Gasteiger partial charge is 0.366 e. The molecule has 3 N–H and O–H groups in total. The third-order valence-electron chi connectivity index (χ3n) is 4.31. The van der Waals surface area contributed by atoms with Crippen LogP contribution in [0.1, 0.15) is 11.6 Å². The van der Waals surface area contributed by atoms with Gasteiger partial charge in [-0.15, -0.1) is 0 Å². The number of anilines is 2. The third kappa shape index (κ3) is 4.24. The summed E-state index contributed by atoms with van der Waals surface area (Å²) in [5.74, 6) is -0.436. The van der Waals surface area contributed by atoms with Crippen LogP contribution < -0.4 is 16.2 Å². The Labute approximate surface area is 176 Å². The van der Waals surface area contributed by atoms with Crippen molar-refractivity contribution in [1.82, 2.24) is 0 Å². The molecule has 3 rings (SSSR count). The maximum Gasteiger partial charge on any atom is 0.150 e. The number of nitrogens with two attached hydrogens (primary N) is 1. The minimum absolute atomic E-state index is 0.456. The van der Waals surface area contributed by atoms with E-state index in [0.29, 0.717) is 5.01 Å². The van der Waals surface area contributed by atoms with Gasteiger partial charge in [0.1, 0.15) is 45.6 Å². The van der Waals surface area contributed by atoms with Crippen LogP contribution in [0.2, 0.25) is 0 Å². The van der Waals surface area contributed by atoms with Crippen molar-refractivity contribution in [2.24, 2.45) is 5.84 Å². The van der Waals surface area contributed by atoms with Crippen molar-refractivity contribution >= 4 is 27.3 Å². The molecule has 0 aliphatic rings. The van der Waals surface area contributed by atoms with Gasteiger partial charge in [-0.1, -0.05) is 34.1 Å². The highest BCUT2D eigenvalue weighted by molar-refractivity contribution is 9.09. The van der Waals surface area contributed by atoms with Crippen LogP contribution >= 0.6 is 15.9 Å². The fraction of sp³-hybridized carbons (Fsp3) is 0.100. The highest BCUT2D eigenvalue weighted by Gasteiger charge is 2.34. The molecule has 0 aromatic heterocycles. The number of alkyl halides is 1. The Morgan fingerprint density at radius 3 is 1.57 bits per heavy atom. The molecule has 30 heavy (non-hydrogen) atoms. The summed E-state index contributed by atoms with van der Waals surface area (Å²) in [6.07, 6.45) is 0. The average Bonchev–Trinajstić information content (AvgIpc) is 2.67. The van der Waals surface area contributed by atoms with Gasteiger partial charge in [-0.25, -0.2) is 32.2 Å². The Kier molecular flexibility index (Phi) is 6.57. The zero-order chi connectivity index (χ0) is 22.0. The molecule has 0 aliphatic carbocycles. The van der Waals surface area contributed by atoms with E-state index in [9.17, 15) is 26.3 Å². The topological polar surface area (TPSA) is 41.3 Å². The van der Waals surface area contributed by atoms with Crippen LogP contribution in [0.25, 0.3) is 0 Å². The lowest BCUT2D eigenvalue weighted by molar-refractivity contribution is 0.494. The number of hydrogen-bond donors (Lipinski definition) is 2. The molecule has 158 valence electrons. The Morgan fingerprint density at radius 1 is 0.700 bits per heavy atom. The monoisotopic (exact) mass is 489 g/mol. The van der Waals surface area contributed by atoms with Crippen molar-refractivity contribution in [3.8, 4) is 0 Å². The highest BCUT2D eigenvalue weighted by Crippen LogP contribution is 2.37. The molecule has 0 saturated carbocycles. The lowest BCUT2D eigenvalue weighted by atomic mass is 10.0. The molecule has 0 heterocycles. The predicted molar refractivity (Wildman–Crippen MR) is 105 cm³/mol. The van der Waals surface area contributed by atoms with Crippen LogP contribution in [-0.2, 0) is 0 Å². The van der Waals surface area contributed by atoms with Gasteiger partial charge < -0.3 is 5.32 Å². The minimum atomic E-state index is -1.67. The highest BCUT2D eigenvalue weighted by atomic mass is 79.9. The molecule has 0 fully saturated rings.